The van der Waals surface area contributed by atoms with Crippen LogP contribution in [0, 0.1) is 6.92 Å². The Labute approximate surface area is 82.2 Å². The van der Waals surface area contributed by atoms with Crippen molar-refractivity contribution in [2.75, 3.05) is 14.2 Å². The highest BCUT2D eigenvalue weighted by Crippen LogP contribution is 2.37. The molecular formula is C11H12O3. The molecule has 14 heavy (non-hydrogen) atoms. The number of hydrogen-bond donors (Lipinski definition) is 0. The Morgan fingerprint density at radius 2 is 1.93 bits per heavy atom. The van der Waals surface area contributed by atoms with Crippen LogP contribution in [-0.2, 0) is 0 Å². The molecule has 0 saturated carbocycles. The lowest BCUT2D eigenvalue weighted by Crippen LogP contribution is -1.90. The quantitative estimate of drug-likeness (QED) is 0.733. The standard InChI is InChI=1S/C11H12O3/c1-7-6-14-10-8(7)4-5-9(12-2)11(10)13-3/h4-6H,1-3H3. The molecular weight excluding hydrogens is 180 g/mol. The maximum absolute atomic E-state index is 5.41. The zero-order valence-electron chi connectivity index (χ0n) is 8.46. The van der Waals surface area contributed by atoms with Gasteiger partial charge in [0.1, 0.15) is 0 Å². The van der Waals surface area contributed by atoms with Crippen LogP contribution in [0.5, 0.6) is 11.5 Å². The van der Waals surface area contributed by atoms with Crippen LogP contribution in [-0.4, -0.2) is 14.2 Å². The van der Waals surface area contributed by atoms with Gasteiger partial charge < -0.3 is 13.9 Å². The minimum atomic E-state index is 0.651. The largest absolute Gasteiger partial charge is 0.493 e. The van der Waals surface area contributed by atoms with E-state index in [1.165, 1.54) is 0 Å². The predicted octanol–water partition coefficient (Wildman–Crippen LogP) is 2.76. The van der Waals surface area contributed by atoms with E-state index in [1.54, 1.807) is 20.5 Å². The molecule has 0 atom stereocenters. The van der Waals surface area contributed by atoms with Gasteiger partial charge in [-0.1, -0.05) is 0 Å². The van der Waals surface area contributed by atoms with E-state index in [2.05, 4.69) is 0 Å². The summed E-state index contributed by atoms with van der Waals surface area (Å²) in [5, 5.41) is 1.06. The van der Waals surface area contributed by atoms with Crippen molar-refractivity contribution in [3.8, 4) is 11.5 Å². The smallest absolute Gasteiger partial charge is 0.204 e. The lowest BCUT2D eigenvalue weighted by molar-refractivity contribution is 0.353. The summed E-state index contributed by atoms with van der Waals surface area (Å²) < 4.78 is 15.8. The van der Waals surface area contributed by atoms with Gasteiger partial charge in [-0.05, 0) is 24.6 Å². The molecule has 0 N–H and O–H groups in total. The van der Waals surface area contributed by atoms with E-state index in [-0.39, 0.29) is 0 Å². The minimum absolute atomic E-state index is 0.651. The lowest BCUT2D eigenvalue weighted by Gasteiger charge is -2.06. The number of aryl methyl sites for hydroxylation is 1. The monoisotopic (exact) mass is 192 g/mol. The first kappa shape index (κ1) is 8.94. The molecule has 3 heteroatoms. The molecule has 2 rings (SSSR count). The zero-order chi connectivity index (χ0) is 10.1. The van der Waals surface area contributed by atoms with Crippen molar-refractivity contribution >= 4 is 11.0 Å². The number of ether oxygens (including phenoxy) is 2. The molecule has 0 bridgehead atoms. The van der Waals surface area contributed by atoms with Crippen LogP contribution in [0.4, 0.5) is 0 Å². The Kier molecular flexibility index (Phi) is 2.08. The van der Waals surface area contributed by atoms with Gasteiger partial charge in [-0.2, -0.15) is 0 Å². The average Bonchev–Trinajstić information content (AvgIpc) is 2.59. The number of rotatable bonds is 2. The highest BCUT2D eigenvalue weighted by atomic mass is 16.5. The first-order valence-electron chi connectivity index (χ1n) is 4.36. The number of furan rings is 1. The summed E-state index contributed by atoms with van der Waals surface area (Å²) >= 11 is 0. The topological polar surface area (TPSA) is 31.6 Å². The Hall–Kier alpha value is -1.64. The number of hydrogen-bond acceptors (Lipinski definition) is 3. The van der Waals surface area contributed by atoms with Crippen LogP contribution in [0.1, 0.15) is 5.56 Å². The highest BCUT2D eigenvalue weighted by molar-refractivity contribution is 5.88. The molecule has 1 aromatic carbocycles. The summed E-state index contributed by atoms with van der Waals surface area (Å²) in [4.78, 5) is 0. The summed E-state index contributed by atoms with van der Waals surface area (Å²) in [6.07, 6.45) is 1.71. The van der Waals surface area contributed by atoms with Crippen LogP contribution in [0.3, 0.4) is 0 Å². The van der Waals surface area contributed by atoms with Crippen LogP contribution in [0.25, 0.3) is 11.0 Å². The Balaban J connectivity index is 2.77. The van der Waals surface area contributed by atoms with Gasteiger partial charge >= 0.3 is 0 Å². The van der Waals surface area contributed by atoms with E-state index in [0.29, 0.717) is 11.5 Å². The molecule has 0 unspecified atom stereocenters. The van der Waals surface area contributed by atoms with Crippen molar-refractivity contribution in [2.24, 2.45) is 0 Å². The maximum Gasteiger partial charge on any atom is 0.204 e. The van der Waals surface area contributed by atoms with E-state index in [1.807, 2.05) is 19.1 Å². The molecule has 0 aliphatic heterocycles. The molecule has 0 spiro atoms. The van der Waals surface area contributed by atoms with E-state index in [0.717, 1.165) is 16.5 Å². The fraction of sp³-hybridized carbons (Fsp3) is 0.273. The summed E-state index contributed by atoms with van der Waals surface area (Å²) in [5.41, 5.74) is 1.84. The van der Waals surface area contributed by atoms with E-state index < -0.39 is 0 Å². The minimum Gasteiger partial charge on any atom is -0.493 e. The van der Waals surface area contributed by atoms with Crippen LogP contribution in [0.2, 0.25) is 0 Å². The molecule has 1 heterocycles. The van der Waals surface area contributed by atoms with E-state index in [9.17, 15) is 0 Å². The van der Waals surface area contributed by atoms with Gasteiger partial charge in [0.25, 0.3) is 0 Å². The summed E-state index contributed by atoms with van der Waals surface area (Å²) in [6, 6.07) is 3.85. The van der Waals surface area contributed by atoms with Gasteiger partial charge in [0.2, 0.25) is 5.75 Å². The zero-order valence-corrected chi connectivity index (χ0v) is 8.46. The predicted molar refractivity (Wildman–Crippen MR) is 54.1 cm³/mol. The van der Waals surface area contributed by atoms with Crippen LogP contribution < -0.4 is 9.47 Å². The van der Waals surface area contributed by atoms with Crippen LogP contribution in [0.15, 0.2) is 22.8 Å². The van der Waals surface area contributed by atoms with Crippen molar-refractivity contribution in [3.05, 3.63) is 24.0 Å². The highest BCUT2D eigenvalue weighted by Gasteiger charge is 2.12. The van der Waals surface area contributed by atoms with Crippen LogP contribution >= 0.6 is 0 Å². The van der Waals surface area contributed by atoms with Gasteiger partial charge in [-0.25, -0.2) is 0 Å². The normalized spacial score (nSPS) is 10.5. The Bertz CT molecular complexity index is 457. The van der Waals surface area contributed by atoms with Gasteiger partial charge in [0, 0.05) is 5.39 Å². The van der Waals surface area contributed by atoms with Gasteiger partial charge in [-0.15, -0.1) is 0 Å². The molecule has 1 aromatic heterocycles. The third kappa shape index (κ3) is 1.13. The SMILES string of the molecule is COc1ccc2c(C)coc2c1OC. The molecule has 2 aromatic rings. The van der Waals surface area contributed by atoms with Crippen molar-refractivity contribution in [3.63, 3.8) is 0 Å². The summed E-state index contributed by atoms with van der Waals surface area (Å²) in [5.74, 6) is 1.34. The number of benzene rings is 1. The Morgan fingerprint density at radius 1 is 1.14 bits per heavy atom. The second-order valence-corrected chi connectivity index (χ2v) is 3.10. The fourth-order valence-electron chi connectivity index (χ4n) is 1.54. The molecule has 0 aliphatic rings. The van der Waals surface area contributed by atoms with Crippen molar-refractivity contribution in [2.45, 2.75) is 6.92 Å². The number of fused-ring (bicyclic) bond motifs is 1. The molecule has 74 valence electrons. The second kappa shape index (κ2) is 3.25. The second-order valence-electron chi connectivity index (χ2n) is 3.10. The maximum atomic E-state index is 5.41. The molecule has 0 aliphatic carbocycles. The molecule has 0 fully saturated rings. The fourth-order valence-corrected chi connectivity index (χ4v) is 1.54. The molecule has 0 saturated heterocycles. The molecule has 3 nitrogen and oxygen atoms in total. The molecule has 0 amide bonds. The van der Waals surface area contributed by atoms with Gasteiger partial charge in [0.05, 0.1) is 20.5 Å². The van der Waals surface area contributed by atoms with E-state index >= 15 is 0 Å². The third-order valence-corrected chi connectivity index (χ3v) is 2.28. The first-order chi connectivity index (χ1) is 6.77. The summed E-state index contributed by atoms with van der Waals surface area (Å²) in [7, 11) is 3.22. The van der Waals surface area contributed by atoms with Gasteiger partial charge in [-0.3, -0.25) is 0 Å². The van der Waals surface area contributed by atoms with Crippen molar-refractivity contribution in [1.82, 2.24) is 0 Å². The summed E-state index contributed by atoms with van der Waals surface area (Å²) in [6.45, 7) is 2.00. The Morgan fingerprint density at radius 3 is 2.57 bits per heavy atom. The lowest BCUT2D eigenvalue weighted by atomic mass is 10.2. The third-order valence-electron chi connectivity index (χ3n) is 2.28. The van der Waals surface area contributed by atoms with E-state index in [4.69, 9.17) is 13.9 Å². The molecule has 0 radical (unpaired) electrons. The number of methoxy groups -OCH3 is 2. The first-order valence-corrected chi connectivity index (χ1v) is 4.36. The average molecular weight is 192 g/mol. The van der Waals surface area contributed by atoms with Crippen molar-refractivity contribution < 1.29 is 13.9 Å². The van der Waals surface area contributed by atoms with Gasteiger partial charge in [0.15, 0.2) is 11.3 Å². The van der Waals surface area contributed by atoms with Crippen molar-refractivity contribution in [1.29, 1.82) is 0 Å².